The Morgan fingerprint density at radius 2 is 1.88 bits per heavy atom. The Morgan fingerprint density at radius 3 is 2.55 bits per heavy atom. The van der Waals surface area contributed by atoms with Crippen LogP contribution >= 0.6 is 11.3 Å². The molecule has 2 aromatic heterocycles. The summed E-state index contributed by atoms with van der Waals surface area (Å²) in [6, 6.07) is 5.98. The molecule has 2 aliphatic rings. The Balaban J connectivity index is 1.25. The average molecular weight is 605 g/mol. The zero-order chi connectivity index (χ0) is 30.2. The Bertz CT molecular complexity index is 1470. The van der Waals surface area contributed by atoms with Crippen LogP contribution in [-0.4, -0.2) is 72.6 Å². The van der Waals surface area contributed by atoms with Crippen LogP contribution in [0.2, 0.25) is 0 Å². The van der Waals surface area contributed by atoms with Crippen molar-refractivity contribution in [3.8, 4) is 10.4 Å². The summed E-state index contributed by atoms with van der Waals surface area (Å²) in [5.74, 6) is -0.416. The number of benzene rings is 1. The quantitative estimate of drug-likeness (QED) is 0.360. The number of nitrogens with zero attached hydrogens (tertiary/aromatic N) is 5. The molecule has 1 aliphatic carbocycles. The van der Waals surface area contributed by atoms with Crippen molar-refractivity contribution in [2.75, 3.05) is 25.0 Å². The third-order valence-electron chi connectivity index (χ3n) is 7.81. The van der Waals surface area contributed by atoms with Gasteiger partial charge in [-0.3, -0.25) is 4.79 Å². The predicted octanol–water partition coefficient (Wildman–Crippen LogP) is 5.26. The summed E-state index contributed by atoms with van der Waals surface area (Å²) >= 11 is 1.34. The van der Waals surface area contributed by atoms with Gasteiger partial charge in [-0.15, -0.1) is 11.3 Å². The number of piperazine rings is 1. The first kappa shape index (κ1) is 29.7. The molecule has 3 heterocycles. The largest absolute Gasteiger partial charge is 0.465 e. The molecule has 1 aliphatic heterocycles. The number of nitrogens with one attached hydrogen (secondary N) is 1. The van der Waals surface area contributed by atoms with E-state index in [2.05, 4.69) is 20.3 Å². The molecule has 42 heavy (non-hydrogen) atoms. The summed E-state index contributed by atoms with van der Waals surface area (Å²) in [5, 5.41) is 24.2. The summed E-state index contributed by atoms with van der Waals surface area (Å²) in [6.45, 7) is 4.65. The van der Waals surface area contributed by atoms with E-state index in [4.69, 9.17) is 0 Å². The fraction of sp³-hybridized carbons (Fsp3) is 0.464. The van der Waals surface area contributed by atoms with Gasteiger partial charge in [-0.1, -0.05) is 6.07 Å². The number of halogens is 3. The summed E-state index contributed by atoms with van der Waals surface area (Å²) in [6.07, 6.45) is -1.13. The molecule has 2 fully saturated rings. The van der Waals surface area contributed by atoms with E-state index in [1.165, 1.54) is 16.2 Å². The van der Waals surface area contributed by atoms with Gasteiger partial charge in [-0.2, -0.15) is 13.2 Å². The highest BCUT2D eigenvalue weighted by Crippen LogP contribution is 2.43. The van der Waals surface area contributed by atoms with Crippen molar-refractivity contribution in [2.24, 2.45) is 5.92 Å². The lowest BCUT2D eigenvalue weighted by molar-refractivity contribution is -0.142. The molecule has 1 saturated heterocycles. The van der Waals surface area contributed by atoms with Crippen molar-refractivity contribution in [3.63, 3.8) is 0 Å². The molecular formula is C28H31F3N6O4S. The van der Waals surface area contributed by atoms with Crippen molar-refractivity contribution in [2.45, 2.75) is 57.3 Å². The lowest BCUT2D eigenvalue weighted by Crippen LogP contribution is -2.56. The Hall–Kier alpha value is -3.78. The van der Waals surface area contributed by atoms with Crippen LogP contribution < -0.4 is 5.32 Å². The minimum absolute atomic E-state index is 0.00157. The van der Waals surface area contributed by atoms with Crippen LogP contribution in [0.15, 0.2) is 36.7 Å². The Kier molecular flexibility index (Phi) is 8.12. The molecule has 2 amide bonds. The third kappa shape index (κ3) is 6.33. The second-order valence-corrected chi connectivity index (χ2v) is 12.0. The van der Waals surface area contributed by atoms with Gasteiger partial charge in [0.2, 0.25) is 11.9 Å². The fourth-order valence-electron chi connectivity index (χ4n) is 5.58. The van der Waals surface area contributed by atoms with Gasteiger partial charge in [0.25, 0.3) is 0 Å². The van der Waals surface area contributed by atoms with Crippen LogP contribution in [0.1, 0.15) is 48.9 Å². The van der Waals surface area contributed by atoms with E-state index in [1.54, 1.807) is 30.2 Å². The van der Waals surface area contributed by atoms with Gasteiger partial charge in [0, 0.05) is 49.7 Å². The summed E-state index contributed by atoms with van der Waals surface area (Å²) < 4.78 is 39.2. The van der Waals surface area contributed by atoms with E-state index in [9.17, 15) is 33.0 Å². The first-order valence-electron chi connectivity index (χ1n) is 13.6. The van der Waals surface area contributed by atoms with Gasteiger partial charge >= 0.3 is 12.3 Å². The fourth-order valence-corrected chi connectivity index (χ4v) is 6.63. The Morgan fingerprint density at radius 1 is 1.14 bits per heavy atom. The van der Waals surface area contributed by atoms with Gasteiger partial charge < -0.3 is 25.3 Å². The van der Waals surface area contributed by atoms with E-state index in [-0.39, 0.29) is 30.4 Å². The number of carbonyl (C=O) groups excluding carboxylic acids is 1. The Labute approximate surface area is 244 Å². The number of hydrogen-bond acceptors (Lipinski definition) is 8. The number of carboxylic acid groups (broad SMARTS) is 1. The van der Waals surface area contributed by atoms with Crippen LogP contribution in [0, 0.1) is 12.8 Å². The molecule has 1 aromatic carbocycles. The molecule has 1 unspecified atom stereocenters. The average Bonchev–Trinajstić information content (AvgIpc) is 3.44. The van der Waals surface area contributed by atoms with Crippen molar-refractivity contribution in [1.82, 2.24) is 24.8 Å². The van der Waals surface area contributed by atoms with Gasteiger partial charge in [0.05, 0.1) is 4.88 Å². The van der Waals surface area contributed by atoms with Crippen LogP contribution in [0.25, 0.3) is 10.4 Å². The zero-order valence-electron chi connectivity index (χ0n) is 23.1. The van der Waals surface area contributed by atoms with E-state index in [0.717, 1.165) is 28.3 Å². The first-order chi connectivity index (χ1) is 19.8. The molecular weight excluding hydrogens is 573 g/mol. The second-order valence-electron chi connectivity index (χ2n) is 10.9. The number of amides is 2. The van der Waals surface area contributed by atoms with E-state index in [1.807, 2.05) is 13.0 Å². The molecule has 224 valence electrons. The number of thiazole rings is 1. The van der Waals surface area contributed by atoms with Crippen molar-refractivity contribution < 1.29 is 33.0 Å². The highest BCUT2D eigenvalue weighted by Gasteiger charge is 2.41. The maximum atomic E-state index is 13.2. The molecule has 1 saturated carbocycles. The van der Waals surface area contributed by atoms with Gasteiger partial charge in [-0.25, -0.2) is 19.7 Å². The number of hydrogen-bond donors (Lipinski definition) is 3. The van der Waals surface area contributed by atoms with Crippen LogP contribution in [0.3, 0.4) is 0 Å². The van der Waals surface area contributed by atoms with Gasteiger partial charge in [-0.05, 0) is 68.9 Å². The molecule has 0 radical (unpaired) electrons. The number of rotatable bonds is 5. The minimum atomic E-state index is -4.58. The molecule has 3 N–H and O–H groups in total. The van der Waals surface area contributed by atoms with Crippen molar-refractivity contribution in [1.29, 1.82) is 0 Å². The number of aliphatic hydroxyl groups is 1. The molecule has 10 nitrogen and oxygen atoms in total. The maximum Gasteiger partial charge on any atom is 0.433 e. The second kappa shape index (κ2) is 11.5. The first-order valence-corrected chi connectivity index (χ1v) is 14.4. The molecule has 5 rings (SSSR count). The summed E-state index contributed by atoms with van der Waals surface area (Å²) in [4.78, 5) is 40.3. The highest BCUT2D eigenvalue weighted by atomic mass is 32.1. The third-order valence-corrected chi connectivity index (χ3v) is 9.05. The van der Waals surface area contributed by atoms with E-state index in [0.29, 0.717) is 49.5 Å². The predicted molar refractivity (Wildman–Crippen MR) is 149 cm³/mol. The van der Waals surface area contributed by atoms with Crippen LogP contribution in [-0.2, 0) is 16.6 Å². The van der Waals surface area contributed by atoms with Crippen LogP contribution in [0.4, 0.5) is 29.6 Å². The number of anilines is 2. The number of carbonyl (C=O) groups is 2. The topological polar surface area (TPSA) is 132 Å². The van der Waals surface area contributed by atoms with Crippen molar-refractivity contribution >= 4 is 35.0 Å². The monoisotopic (exact) mass is 604 g/mol. The number of aryl methyl sites for hydroxylation is 1. The molecule has 14 heteroatoms. The van der Waals surface area contributed by atoms with Crippen molar-refractivity contribution in [3.05, 3.63) is 52.9 Å². The highest BCUT2D eigenvalue weighted by molar-refractivity contribution is 7.15. The lowest BCUT2D eigenvalue weighted by Gasteiger charge is -2.41. The number of alkyl halides is 3. The lowest BCUT2D eigenvalue weighted by atomic mass is 9.78. The normalized spacial score (nSPS) is 23.1. The van der Waals surface area contributed by atoms with Crippen LogP contribution in [0.5, 0.6) is 0 Å². The standard InChI is InChI=1S/C28H31F3N6O4S/c1-16-11-19(13-20(12-16)34-25-32-8-5-22(35-25)28(29,30)31)21-14-33-24(42-21)27(41)6-3-18(4-7-27)23(38)36-9-10-37(26(39)40)17(2)15-36/h5,8,11-14,17-18,41H,3-4,6-7,9-10,15H2,1-2H3,(H,39,40)(H,32,34,35)/t17?,18-,27+. The maximum absolute atomic E-state index is 13.2. The van der Waals surface area contributed by atoms with E-state index < -0.39 is 23.6 Å². The SMILES string of the molecule is Cc1cc(Nc2nccc(C(F)(F)F)n2)cc(-c2cnc([C@]3(O)CC[C@@H](C(=O)N4CCN(C(=O)O)C(C)C4)CC3)s2)c1. The molecule has 0 spiro atoms. The summed E-state index contributed by atoms with van der Waals surface area (Å²) in [7, 11) is 0. The van der Waals surface area contributed by atoms with E-state index >= 15 is 0 Å². The zero-order valence-corrected chi connectivity index (χ0v) is 23.9. The molecule has 1 atom stereocenters. The smallest absolute Gasteiger partial charge is 0.433 e. The minimum Gasteiger partial charge on any atom is -0.465 e. The summed E-state index contributed by atoms with van der Waals surface area (Å²) in [5.41, 5.74) is -0.0786. The van der Waals surface area contributed by atoms with Gasteiger partial charge in [0.15, 0.2) is 0 Å². The molecule has 0 bridgehead atoms. The van der Waals surface area contributed by atoms with Gasteiger partial charge in [0.1, 0.15) is 16.3 Å². The number of aromatic nitrogens is 3. The molecule has 3 aromatic rings.